The number of aromatic nitrogens is 1. The van der Waals surface area contributed by atoms with Crippen LogP contribution in [0, 0.1) is 0 Å². The summed E-state index contributed by atoms with van der Waals surface area (Å²) in [4.78, 5) is 40.2. The van der Waals surface area contributed by atoms with E-state index in [9.17, 15) is 14.4 Å². The van der Waals surface area contributed by atoms with Crippen molar-refractivity contribution in [3.8, 4) is 11.5 Å². The number of methoxy groups -OCH3 is 2. The van der Waals surface area contributed by atoms with Crippen LogP contribution in [-0.4, -0.2) is 37.1 Å². The number of nitrogens with one attached hydrogen (secondary N) is 2. The van der Waals surface area contributed by atoms with Gasteiger partial charge >= 0.3 is 0 Å². The highest BCUT2D eigenvalue weighted by Crippen LogP contribution is 2.25. The van der Waals surface area contributed by atoms with Crippen LogP contribution >= 0.6 is 0 Å². The lowest BCUT2D eigenvalue weighted by molar-refractivity contribution is -0.115. The highest BCUT2D eigenvalue weighted by molar-refractivity contribution is 6.05. The molecule has 8 nitrogen and oxygen atoms in total. The van der Waals surface area contributed by atoms with Crippen LogP contribution in [0.1, 0.15) is 27.0 Å². The summed E-state index contributed by atoms with van der Waals surface area (Å²) in [6.07, 6.45) is 0.783. The fourth-order valence-corrected chi connectivity index (χ4v) is 4.93. The first-order valence-electron chi connectivity index (χ1n) is 14.0. The molecule has 0 saturated carbocycles. The summed E-state index contributed by atoms with van der Waals surface area (Å²) in [6.45, 7) is 0.604. The first-order valence-corrected chi connectivity index (χ1v) is 14.0. The maximum Gasteiger partial charge on any atom is 0.264 e. The molecule has 0 saturated heterocycles. The fourth-order valence-electron chi connectivity index (χ4n) is 4.93. The standard InChI is InChI=1S/C35H33N3O5/c1-42-27-15-11-25(12-16-27)21-33(39)37-31-9-6-10-32-29(31)22-30(34(40)36-20-19-24-7-4-3-5-8-24)35(41)38(32)23-26-13-17-28(43-2)18-14-26/h3-18,22H,19-21,23H2,1-2H3,(H,36,40)(H,37,39). The van der Waals surface area contributed by atoms with Gasteiger partial charge in [0.15, 0.2) is 0 Å². The van der Waals surface area contributed by atoms with E-state index in [0.717, 1.165) is 16.7 Å². The molecule has 0 atom stereocenters. The van der Waals surface area contributed by atoms with E-state index in [2.05, 4.69) is 10.6 Å². The average molecular weight is 576 g/mol. The quantitative estimate of drug-likeness (QED) is 0.225. The third kappa shape index (κ3) is 7.11. The van der Waals surface area contributed by atoms with E-state index >= 15 is 0 Å². The maximum atomic E-state index is 13.8. The van der Waals surface area contributed by atoms with Crippen LogP contribution in [0.4, 0.5) is 5.69 Å². The Kier molecular flexibility index (Phi) is 9.17. The number of carbonyl (C=O) groups is 2. The summed E-state index contributed by atoms with van der Waals surface area (Å²) >= 11 is 0. The number of benzene rings is 4. The average Bonchev–Trinajstić information content (AvgIpc) is 3.03. The number of fused-ring (bicyclic) bond motifs is 1. The zero-order valence-electron chi connectivity index (χ0n) is 24.1. The Morgan fingerprint density at radius 3 is 2.05 bits per heavy atom. The second kappa shape index (κ2) is 13.5. The van der Waals surface area contributed by atoms with Crippen molar-refractivity contribution >= 4 is 28.4 Å². The van der Waals surface area contributed by atoms with E-state index in [-0.39, 0.29) is 24.4 Å². The maximum absolute atomic E-state index is 13.8. The lowest BCUT2D eigenvalue weighted by Gasteiger charge is -2.16. The van der Waals surface area contributed by atoms with Gasteiger partial charge in [-0.25, -0.2) is 0 Å². The minimum atomic E-state index is -0.467. The number of pyridine rings is 1. The van der Waals surface area contributed by atoms with Gasteiger partial charge in [0.05, 0.1) is 38.4 Å². The van der Waals surface area contributed by atoms with Gasteiger partial charge in [0.25, 0.3) is 11.5 Å². The zero-order chi connectivity index (χ0) is 30.2. The molecular formula is C35H33N3O5. The molecule has 0 aliphatic carbocycles. The molecule has 0 bridgehead atoms. The molecule has 43 heavy (non-hydrogen) atoms. The van der Waals surface area contributed by atoms with E-state index in [1.165, 1.54) is 0 Å². The molecule has 218 valence electrons. The van der Waals surface area contributed by atoms with Crippen molar-refractivity contribution in [1.29, 1.82) is 0 Å². The lowest BCUT2D eigenvalue weighted by Crippen LogP contribution is -2.34. The van der Waals surface area contributed by atoms with E-state index in [4.69, 9.17) is 9.47 Å². The van der Waals surface area contributed by atoms with Crippen molar-refractivity contribution in [2.75, 3.05) is 26.1 Å². The Hall–Kier alpha value is -5.37. The van der Waals surface area contributed by atoms with Gasteiger partial charge in [-0.15, -0.1) is 0 Å². The summed E-state index contributed by atoms with van der Waals surface area (Å²) in [5.41, 5.74) is 3.48. The number of ether oxygens (including phenoxy) is 2. The van der Waals surface area contributed by atoms with Crippen molar-refractivity contribution in [1.82, 2.24) is 9.88 Å². The minimum Gasteiger partial charge on any atom is -0.497 e. The number of anilines is 1. The SMILES string of the molecule is COc1ccc(CC(=O)Nc2cccc3c2cc(C(=O)NCCc2ccccc2)c(=O)n3Cc2ccc(OC)cc2)cc1. The summed E-state index contributed by atoms with van der Waals surface area (Å²) in [6, 6.07) is 31.5. The Morgan fingerprint density at radius 1 is 0.744 bits per heavy atom. The number of rotatable bonds is 11. The molecule has 2 N–H and O–H groups in total. The first kappa shape index (κ1) is 29.1. The third-order valence-corrected chi connectivity index (χ3v) is 7.22. The van der Waals surface area contributed by atoms with Gasteiger partial charge in [0, 0.05) is 11.9 Å². The largest absolute Gasteiger partial charge is 0.497 e. The van der Waals surface area contributed by atoms with E-state index < -0.39 is 11.5 Å². The molecule has 5 aromatic rings. The Morgan fingerprint density at radius 2 is 1.40 bits per heavy atom. The molecule has 8 heteroatoms. The molecule has 2 amide bonds. The van der Waals surface area contributed by atoms with Gasteiger partial charge < -0.3 is 24.7 Å². The topological polar surface area (TPSA) is 98.7 Å². The Balaban J connectivity index is 1.47. The fraction of sp³-hybridized carbons (Fsp3) is 0.171. The summed E-state index contributed by atoms with van der Waals surface area (Å²) in [7, 11) is 3.19. The number of nitrogens with zero attached hydrogens (tertiary/aromatic N) is 1. The summed E-state index contributed by atoms with van der Waals surface area (Å²) in [5, 5.41) is 6.47. The van der Waals surface area contributed by atoms with Crippen molar-refractivity contribution in [3.05, 3.63) is 136 Å². The number of hydrogen-bond acceptors (Lipinski definition) is 5. The first-order chi connectivity index (χ1) is 20.9. The normalized spacial score (nSPS) is 10.7. The smallest absolute Gasteiger partial charge is 0.264 e. The second-order valence-corrected chi connectivity index (χ2v) is 10.1. The Bertz CT molecular complexity index is 1780. The molecular weight excluding hydrogens is 542 g/mol. The van der Waals surface area contributed by atoms with Crippen molar-refractivity contribution in [2.24, 2.45) is 0 Å². The molecule has 1 aromatic heterocycles. The van der Waals surface area contributed by atoms with Gasteiger partial charge in [0.1, 0.15) is 17.1 Å². The molecule has 0 radical (unpaired) electrons. The minimum absolute atomic E-state index is 0.00549. The molecule has 4 aromatic carbocycles. The lowest BCUT2D eigenvalue weighted by atomic mass is 10.1. The second-order valence-electron chi connectivity index (χ2n) is 10.1. The van der Waals surface area contributed by atoms with Crippen LogP contribution in [-0.2, 0) is 24.2 Å². The number of carbonyl (C=O) groups excluding carboxylic acids is 2. The van der Waals surface area contributed by atoms with Crippen molar-refractivity contribution in [3.63, 3.8) is 0 Å². The van der Waals surface area contributed by atoms with Crippen molar-refractivity contribution < 1.29 is 19.1 Å². The highest BCUT2D eigenvalue weighted by Gasteiger charge is 2.18. The number of hydrogen-bond donors (Lipinski definition) is 2. The summed E-state index contributed by atoms with van der Waals surface area (Å²) in [5.74, 6) is 0.724. The third-order valence-electron chi connectivity index (χ3n) is 7.22. The molecule has 1 heterocycles. The molecule has 0 aliphatic rings. The molecule has 0 aliphatic heterocycles. The summed E-state index contributed by atoms with van der Waals surface area (Å²) < 4.78 is 12.0. The Labute approximate surface area is 249 Å². The van der Waals surface area contributed by atoms with E-state index in [0.29, 0.717) is 41.1 Å². The van der Waals surface area contributed by atoms with Gasteiger partial charge in [-0.05, 0) is 65.6 Å². The predicted molar refractivity (Wildman–Crippen MR) is 168 cm³/mol. The molecule has 0 unspecified atom stereocenters. The van der Waals surface area contributed by atoms with Crippen LogP contribution in [0.5, 0.6) is 11.5 Å². The van der Waals surface area contributed by atoms with Crippen LogP contribution in [0.2, 0.25) is 0 Å². The van der Waals surface area contributed by atoms with E-state index in [1.807, 2.05) is 72.8 Å². The van der Waals surface area contributed by atoms with E-state index in [1.54, 1.807) is 49.1 Å². The molecule has 0 spiro atoms. The van der Waals surface area contributed by atoms with Gasteiger partial charge in [-0.3, -0.25) is 14.4 Å². The van der Waals surface area contributed by atoms with Gasteiger partial charge in [0.2, 0.25) is 5.91 Å². The van der Waals surface area contributed by atoms with Crippen molar-refractivity contribution in [2.45, 2.75) is 19.4 Å². The van der Waals surface area contributed by atoms with Crippen LogP contribution in [0.15, 0.2) is 108 Å². The van der Waals surface area contributed by atoms with Gasteiger partial charge in [-0.2, -0.15) is 0 Å². The number of amides is 2. The predicted octanol–water partition coefficient (Wildman–Crippen LogP) is 5.22. The van der Waals surface area contributed by atoms with Gasteiger partial charge in [-0.1, -0.05) is 60.7 Å². The molecule has 0 fully saturated rings. The monoisotopic (exact) mass is 575 g/mol. The zero-order valence-corrected chi connectivity index (χ0v) is 24.1. The highest BCUT2D eigenvalue weighted by atomic mass is 16.5. The van der Waals surface area contributed by atoms with Crippen LogP contribution < -0.4 is 25.7 Å². The van der Waals surface area contributed by atoms with Crippen LogP contribution in [0.25, 0.3) is 10.9 Å². The molecule has 5 rings (SSSR count). The van der Waals surface area contributed by atoms with Crippen LogP contribution in [0.3, 0.4) is 0 Å².